The number of rotatable bonds is 2. The van der Waals surface area contributed by atoms with E-state index in [0.717, 1.165) is 32.2 Å². The maximum absolute atomic E-state index is 12.1. The van der Waals surface area contributed by atoms with Crippen LogP contribution in [0.3, 0.4) is 0 Å². The number of hydrogen-bond donors (Lipinski definition) is 0. The molecule has 0 atom stereocenters. The van der Waals surface area contributed by atoms with E-state index in [9.17, 15) is 4.79 Å². The normalized spacial score (nSPS) is 21.5. The molecule has 2 aliphatic rings. The topological polar surface area (TPSA) is 49.3 Å². The van der Waals surface area contributed by atoms with Gasteiger partial charge in [0.25, 0.3) is 5.91 Å². The van der Waals surface area contributed by atoms with Crippen molar-refractivity contribution in [3.63, 3.8) is 0 Å². The molecule has 1 saturated carbocycles. The average molecular weight is 232 g/mol. The van der Waals surface area contributed by atoms with E-state index < -0.39 is 0 Å². The third-order valence-corrected chi connectivity index (χ3v) is 3.45. The first-order chi connectivity index (χ1) is 8.34. The van der Waals surface area contributed by atoms with E-state index in [1.54, 1.807) is 12.4 Å². The van der Waals surface area contributed by atoms with Crippen LogP contribution in [0, 0.1) is 0 Å². The van der Waals surface area contributed by atoms with Gasteiger partial charge in [-0.15, -0.1) is 0 Å². The van der Waals surface area contributed by atoms with Gasteiger partial charge in [-0.3, -0.25) is 14.7 Å². The molecule has 0 spiro atoms. The number of hydrogen-bond acceptors (Lipinski definition) is 4. The Morgan fingerprint density at radius 1 is 1.18 bits per heavy atom. The van der Waals surface area contributed by atoms with Crippen LogP contribution in [0.25, 0.3) is 0 Å². The van der Waals surface area contributed by atoms with Gasteiger partial charge in [-0.25, -0.2) is 4.98 Å². The third kappa shape index (κ3) is 2.29. The maximum Gasteiger partial charge on any atom is 0.274 e. The molecule has 1 aromatic heterocycles. The summed E-state index contributed by atoms with van der Waals surface area (Å²) in [6.45, 7) is 3.62. The zero-order valence-corrected chi connectivity index (χ0v) is 9.75. The van der Waals surface area contributed by atoms with E-state index in [1.165, 1.54) is 19.0 Å². The molecule has 3 rings (SSSR count). The molecule has 1 saturated heterocycles. The number of piperazine rings is 1. The molecule has 1 amide bonds. The Labute approximate surface area is 100 Å². The molecule has 5 nitrogen and oxygen atoms in total. The molecule has 0 aromatic carbocycles. The number of carbonyl (C=O) groups is 1. The van der Waals surface area contributed by atoms with Gasteiger partial charge in [0.2, 0.25) is 0 Å². The molecular weight excluding hydrogens is 216 g/mol. The highest BCUT2D eigenvalue weighted by atomic mass is 16.2. The fourth-order valence-electron chi connectivity index (χ4n) is 2.30. The molecule has 0 N–H and O–H groups in total. The van der Waals surface area contributed by atoms with Crippen molar-refractivity contribution in [2.24, 2.45) is 0 Å². The molecule has 0 radical (unpaired) electrons. The van der Waals surface area contributed by atoms with Gasteiger partial charge in [0.15, 0.2) is 0 Å². The minimum atomic E-state index is 0.00791. The van der Waals surface area contributed by atoms with Gasteiger partial charge in [0.05, 0.1) is 6.20 Å². The Morgan fingerprint density at radius 3 is 2.53 bits per heavy atom. The molecule has 0 bridgehead atoms. The summed E-state index contributed by atoms with van der Waals surface area (Å²) in [4.78, 5) is 24.4. The molecule has 2 heterocycles. The van der Waals surface area contributed by atoms with E-state index in [1.807, 2.05) is 4.90 Å². The zero-order chi connectivity index (χ0) is 11.7. The molecule has 1 aliphatic heterocycles. The van der Waals surface area contributed by atoms with Crippen LogP contribution in [-0.2, 0) is 0 Å². The van der Waals surface area contributed by atoms with Crippen molar-refractivity contribution in [1.29, 1.82) is 0 Å². The quantitative estimate of drug-likeness (QED) is 0.740. The summed E-state index contributed by atoms with van der Waals surface area (Å²) in [7, 11) is 0. The third-order valence-electron chi connectivity index (χ3n) is 3.45. The van der Waals surface area contributed by atoms with Crippen LogP contribution < -0.4 is 0 Å². The maximum atomic E-state index is 12.1. The van der Waals surface area contributed by atoms with Crippen molar-refractivity contribution in [2.75, 3.05) is 26.2 Å². The second-order valence-corrected chi connectivity index (χ2v) is 4.65. The van der Waals surface area contributed by atoms with Crippen molar-refractivity contribution in [1.82, 2.24) is 19.8 Å². The Balaban J connectivity index is 1.60. The van der Waals surface area contributed by atoms with E-state index in [2.05, 4.69) is 14.9 Å². The summed E-state index contributed by atoms with van der Waals surface area (Å²) in [5, 5.41) is 0. The van der Waals surface area contributed by atoms with Gasteiger partial charge < -0.3 is 4.90 Å². The summed E-state index contributed by atoms with van der Waals surface area (Å²) in [5.41, 5.74) is 0.451. The highest BCUT2D eigenvalue weighted by Gasteiger charge is 2.32. The molecule has 5 heteroatoms. The largest absolute Gasteiger partial charge is 0.335 e. The van der Waals surface area contributed by atoms with Crippen LogP contribution in [0.15, 0.2) is 18.6 Å². The second kappa shape index (κ2) is 4.41. The minimum absolute atomic E-state index is 0.00791. The van der Waals surface area contributed by atoms with Gasteiger partial charge >= 0.3 is 0 Å². The average Bonchev–Trinajstić information content (AvgIpc) is 3.24. The molecule has 1 aliphatic carbocycles. The highest BCUT2D eigenvalue weighted by Crippen LogP contribution is 2.27. The summed E-state index contributed by atoms with van der Waals surface area (Å²) >= 11 is 0. The first kappa shape index (κ1) is 10.7. The van der Waals surface area contributed by atoms with E-state index in [-0.39, 0.29) is 5.91 Å². The van der Waals surface area contributed by atoms with Crippen molar-refractivity contribution in [3.8, 4) is 0 Å². The lowest BCUT2D eigenvalue weighted by atomic mass is 10.2. The van der Waals surface area contributed by atoms with Crippen molar-refractivity contribution in [3.05, 3.63) is 24.3 Å². The standard InChI is InChI=1S/C12H16N4O/c17-12(11-9-13-3-4-14-11)16-7-5-15(6-8-16)10-1-2-10/h3-4,9-10H,1-2,5-8H2. The Morgan fingerprint density at radius 2 is 1.94 bits per heavy atom. The minimum Gasteiger partial charge on any atom is -0.335 e. The first-order valence-corrected chi connectivity index (χ1v) is 6.14. The molecule has 1 aromatic rings. The smallest absolute Gasteiger partial charge is 0.274 e. The van der Waals surface area contributed by atoms with Gasteiger partial charge in [0.1, 0.15) is 5.69 Å². The zero-order valence-electron chi connectivity index (χ0n) is 9.75. The predicted molar refractivity (Wildman–Crippen MR) is 62.5 cm³/mol. The first-order valence-electron chi connectivity index (χ1n) is 6.14. The molecule has 0 unspecified atom stereocenters. The fraction of sp³-hybridized carbons (Fsp3) is 0.583. The number of amides is 1. The van der Waals surface area contributed by atoms with Crippen LogP contribution >= 0.6 is 0 Å². The lowest BCUT2D eigenvalue weighted by Crippen LogP contribution is -2.49. The van der Waals surface area contributed by atoms with Crippen LogP contribution in [-0.4, -0.2) is 57.9 Å². The van der Waals surface area contributed by atoms with Gasteiger partial charge in [-0.1, -0.05) is 0 Å². The number of nitrogens with zero attached hydrogens (tertiary/aromatic N) is 4. The summed E-state index contributed by atoms with van der Waals surface area (Å²) in [5.74, 6) is 0.00791. The monoisotopic (exact) mass is 232 g/mol. The van der Waals surface area contributed by atoms with E-state index in [0.29, 0.717) is 5.69 Å². The van der Waals surface area contributed by atoms with Gasteiger partial charge in [-0.05, 0) is 12.8 Å². The second-order valence-electron chi connectivity index (χ2n) is 4.65. The lowest BCUT2D eigenvalue weighted by Gasteiger charge is -2.34. The van der Waals surface area contributed by atoms with E-state index >= 15 is 0 Å². The van der Waals surface area contributed by atoms with Crippen molar-refractivity contribution >= 4 is 5.91 Å². The van der Waals surface area contributed by atoms with Crippen LogP contribution in [0.4, 0.5) is 0 Å². The van der Waals surface area contributed by atoms with Crippen molar-refractivity contribution in [2.45, 2.75) is 18.9 Å². The Bertz CT molecular complexity index is 396. The summed E-state index contributed by atoms with van der Waals surface area (Å²) in [6, 6.07) is 0.795. The van der Waals surface area contributed by atoms with Gasteiger partial charge in [-0.2, -0.15) is 0 Å². The Hall–Kier alpha value is -1.49. The van der Waals surface area contributed by atoms with Crippen LogP contribution in [0.5, 0.6) is 0 Å². The molecule has 2 fully saturated rings. The van der Waals surface area contributed by atoms with Crippen molar-refractivity contribution < 1.29 is 4.79 Å². The number of aromatic nitrogens is 2. The lowest BCUT2D eigenvalue weighted by molar-refractivity contribution is 0.0621. The fourth-order valence-corrected chi connectivity index (χ4v) is 2.30. The molecule has 17 heavy (non-hydrogen) atoms. The SMILES string of the molecule is O=C(c1cnccn1)N1CCN(C2CC2)CC1. The Kier molecular flexibility index (Phi) is 2.76. The summed E-state index contributed by atoms with van der Waals surface area (Å²) in [6.07, 6.45) is 7.35. The van der Waals surface area contributed by atoms with Crippen LogP contribution in [0.1, 0.15) is 23.3 Å². The van der Waals surface area contributed by atoms with Crippen LogP contribution in [0.2, 0.25) is 0 Å². The van der Waals surface area contributed by atoms with E-state index in [4.69, 9.17) is 0 Å². The highest BCUT2D eigenvalue weighted by molar-refractivity contribution is 5.92. The molecule has 90 valence electrons. The summed E-state index contributed by atoms with van der Waals surface area (Å²) < 4.78 is 0. The predicted octanol–water partition coefficient (Wildman–Crippen LogP) is 0.397. The number of carbonyl (C=O) groups excluding carboxylic acids is 1. The molecular formula is C12H16N4O. The van der Waals surface area contributed by atoms with Gasteiger partial charge in [0, 0.05) is 44.6 Å².